The van der Waals surface area contributed by atoms with Crippen LogP contribution < -0.4 is 5.32 Å². The number of nitriles is 1. The van der Waals surface area contributed by atoms with Crippen LogP contribution in [0, 0.1) is 17.2 Å². The number of thioether (sulfide) groups is 1. The molecule has 0 aliphatic carbocycles. The molecule has 0 radical (unpaired) electrons. The van der Waals surface area contributed by atoms with E-state index in [1.807, 2.05) is 5.32 Å². The van der Waals surface area contributed by atoms with Crippen LogP contribution in [-0.4, -0.2) is 37.8 Å². The zero-order valence-electron chi connectivity index (χ0n) is 17.6. The molecule has 0 bridgehead atoms. The van der Waals surface area contributed by atoms with Crippen molar-refractivity contribution in [2.75, 3.05) is 0 Å². The number of imidazole rings is 1. The molecule has 3 aromatic rings. The van der Waals surface area contributed by atoms with Crippen molar-refractivity contribution in [3.8, 4) is 11.8 Å². The first kappa shape index (κ1) is 24.7. The van der Waals surface area contributed by atoms with E-state index < -0.39 is 23.2 Å². The first-order valence-electron chi connectivity index (χ1n) is 9.81. The number of alkyl halides is 2. The minimum atomic E-state index is -3.99. The third-order valence-electron chi connectivity index (χ3n) is 4.74. The largest absolute Gasteiger partial charge is 0.480 e. The smallest absolute Gasteiger partial charge is 0.377 e. The number of aromatic nitrogens is 2. The lowest BCUT2D eigenvalue weighted by Crippen LogP contribution is -2.47. The van der Waals surface area contributed by atoms with Gasteiger partial charge in [0.05, 0.1) is 23.5 Å². The lowest BCUT2D eigenvalue weighted by atomic mass is 10.0. The molecule has 1 aromatic heterocycles. The average Bonchev–Trinajstić information content (AvgIpc) is 3.11. The fourth-order valence-corrected chi connectivity index (χ4v) is 4.63. The summed E-state index contributed by atoms with van der Waals surface area (Å²) >= 11 is 3.21. The molecule has 1 unspecified atom stereocenters. The average molecular weight is 537 g/mol. The van der Waals surface area contributed by atoms with E-state index in [1.165, 1.54) is 10.8 Å². The van der Waals surface area contributed by atoms with Crippen LogP contribution in [0.3, 0.4) is 0 Å². The highest BCUT2D eigenvalue weighted by Gasteiger charge is 2.43. The number of amides is 1. The van der Waals surface area contributed by atoms with E-state index in [1.54, 1.807) is 50.2 Å². The Balaban J connectivity index is 1.97. The number of aliphatic carboxylic acids is 1. The van der Waals surface area contributed by atoms with Gasteiger partial charge >= 0.3 is 17.1 Å². The summed E-state index contributed by atoms with van der Waals surface area (Å²) in [5.41, 5.74) is 0.908. The Hall–Kier alpha value is -2.97. The first-order valence-corrected chi connectivity index (χ1v) is 11.4. The zero-order valence-corrected chi connectivity index (χ0v) is 20.0. The SMILES string of the molecule is CC(C)CC(NC(=O)C(F)(F)Sc1ncc(Br)n1-c1ccc(C#N)c2ccccc12)C(=O)O. The first-order chi connectivity index (χ1) is 15.5. The highest BCUT2D eigenvalue weighted by atomic mass is 79.9. The highest BCUT2D eigenvalue weighted by molar-refractivity contribution is 9.10. The van der Waals surface area contributed by atoms with Gasteiger partial charge in [-0.25, -0.2) is 9.78 Å². The number of carboxylic acids is 1. The topological polar surface area (TPSA) is 108 Å². The molecule has 1 heterocycles. The number of benzene rings is 2. The second-order valence-electron chi connectivity index (χ2n) is 7.60. The number of nitrogens with one attached hydrogen (secondary N) is 1. The van der Waals surface area contributed by atoms with E-state index in [2.05, 4.69) is 27.0 Å². The number of carbonyl (C=O) groups excluding carboxylic acids is 1. The van der Waals surface area contributed by atoms with Crippen LogP contribution in [0.25, 0.3) is 16.5 Å². The van der Waals surface area contributed by atoms with Crippen molar-refractivity contribution < 1.29 is 23.5 Å². The van der Waals surface area contributed by atoms with E-state index in [9.17, 15) is 28.7 Å². The molecule has 1 amide bonds. The summed E-state index contributed by atoms with van der Waals surface area (Å²) in [4.78, 5) is 27.7. The van der Waals surface area contributed by atoms with Crippen LogP contribution in [0.5, 0.6) is 0 Å². The number of carboxylic acid groups (broad SMARTS) is 1. The molecule has 2 N–H and O–H groups in total. The zero-order chi connectivity index (χ0) is 24.3. The van der Waals surface area contributed by atoms with Crippen molar-refractivity contribution in [3.63, 3.8) is 0 Å². The van der Waals surface area contributed by atoms with Crippen molar-refractivity contribution in [2.45, 2.75) is 36.7 Å². The summed E-state index contributed by atoms with van der Waals surface area (Å²) in [7, 11) is 0. The Morgan fingerprint density at radius 1 is 1.27 bits per heavy atom. The van der Waals surface area contributed by atoms with E-state index in [4.69, 9.17) is 0 Å². The monoisotopic (exact) mass is 536 g/mol. The van der Waals surface area contributed by atoms with Crippen molar-refractivity contribution in [1.29, 1.82) is 5.26 Å². The standard InChI is InChI=1S/C22H19BrF2N4O3S/c1-12(2)9-16(19(30)31)28-20(32)22(24,25)33-21-27-11-18(23)29(21)17-8-7-13(10-26)14-5-3-4-6-15(14)17/h3-8,11-12,16H,9H2,1-2H3,(H,28,32)(H,30,31). The number of fused-ring (bicyclic) bond motifs is 1. The van der Waals surface area contributed by atoms with Gasteiger partial charge < -0.3 is 10.4 Å². The molecule has 0 aliphatic rings. The van der Waals surface area contributed by atoms with Gasteiger partial charge in [-0.15, -0.1) is 0 Å². The van der Waals surface area contributed by atoms with Gasteiger partial charge in [-0.1, -0.05) is 38.1 Å². The summed E-state index contributed by atoms with van der Waals surface area (Å²) in [6.45, 7) is 3.45. The van der Waals surface area contributed by atoms with Crippen LogP contribution in [0.1, 0.15) is 25.8 Å². The number of hydrogen-bond acceptors (Lipinski definition) is 5. The predicted molar refractivity (Wildman–Crippen MR) is 123 cm³/mol. The Morgan fingerprint density at radius 2 is 1.94 bits per heavy atom. The Bertz CT molecular complexity index is 1260. The molecular formula is C22H19BrF2N4O3S. The highest BCUT2D eigenvalue weighted by Crippen LogP contribution is 2.39. The lowest BCUT2D eigenvalue weighted by molar-refractivity contribution is -0.145. The molecule has 11 heteroatoms. The third kappa shape index (κ3) is 5.34. The van der Waals surface area contributed by atoms with Crippen LogP contribution in [0.15, 0.2) is 52.4 Å². The molecule has 7 nitrogen and oxygen atoms in total. The predicted octanol–water partition coefficient (Wildman–Crippen LogP) is 4.96. The molecule has 0 saturated heterocycles. The minimum Gasteiger partial charge on any atom is -0.480 e. The number of carbonyl (C=O) groups is 2. The Morgan fingerprint density at radius 3 is 2.55 bits per heavy atom. The van der Waals surface area contributed by atoms with Crippen molar-refractivity contribution in [2.24, 2.45) is 5.92 Å². The molecule has 0 aliphatic heterocycles. The van der Waals surface area contributed by atoms with Gasteiger partial charge in [0, 0.05) is 10.8 Å². The number of halogens is 3. The summed E-state index contributed by atoms with van der Waals surface area (Å²) in [5, 5.41) is 17.6. The maximum absolute atomic E-state index is 14.8. The molecule has 33 heavy (non-hydrogen) atoms. The third-order valence-corrected chi connectivity index (χ3v) is 6.21. The molecule has 172 valence electrons. The van der Waals surface area contributed by atoms with Crippen molar-refractivity contribution >= 4 is 50.3 Å². The molecule has 0 spiro atoms. The maximum Gasteiger partial charge on any atom is 0.377 e. The van der Waals surface area contributed by atoms with E-state index >= 15 is 0 Å². The fraction of sp³-hybridized carbons (Fsp3) is 0.273. The van der Waals surface area contributed by atoms with E-state index in [0.717, 1.165) is 0 Å². The molecule has 0 fully saturated rings. The van der Waals surface area contributed by atoms with Gasteiger partial charge in [0.25, 0.3) is 0 Å². The van der Waals surface area contributed by atoms with Gasteiger partial charge in [0.2, 0.25) is 0 Å². The number of hydrogen-bond donors (Lipinski definition) is 2. The lowest BCUT2D eigenvalue weighted by Gasteiger charge is -2.21. The van der Waals surface area contributed by atoms with Crippen LogP contribution in [0.2, 0.25) is 0 Å². The minimum absolute atomic E-state index is 0.0131. The van der Waals surface area contributed by atoms with Gasteiger partial charge in [-0.05, 0) is 52.2 Å². The van der Waals surface area contributed by atoms with Crippen LogP contribution in [-0.2, 0) is 9.59 Å². The van der Waals surface area contributed by atoms with Crippen LogP contribution >= 0.6 is 27.7 Å². The molecule has 3 rings (SSSR count). The van der Waals surface area contributed by atoms with Gasteiger partial charge in [-0.2, -0.15) is 14.0 Å². The Labute approximate surface area is 200 Å². The van der Waals surface area contributed by atoms with Gasteiger partial charge in [-0.3, -0.25) is 9.36 Å². The second-order valence-corrected chi connectivity index (χ2v) is 9.50. The maximum atomic E-state index is 14.8. The summed E-state index contributed by atoms with van der Waals surface area (Å²) in [6, 6.07) is 10.9. The Kier molecular flexibility index (Phi) is 7.39. The number of rotatable bonds is 8. The fourth-order valence-electron chi connectivity index (χ4n) is 3.28. The van der Waals surface area contributed by atoms with Gasteiger partial charge in [0.15, 0.2) is 5.16 Å². The van der Waals surface area contributed by atoms with Crippen molar-refractivity contribution in [1.82, 2.24) is 14.9 Å². The summed E-state index contributed by atoms with van der Waals surface area (Å²) in [6.07, 6.45) is 1.33. The van der Waals surface area contributed by atoms with Gasteiger partial charge in [0.1, 0.15) is 10.6 Å². The van der Waals surface area contributed by atoms with Crippen LogP contribution in [0.4, 0.5) is 8.78 Å². The number of nitrogens with zero attached hydrogens (tertiary/aromatic N) is 3. The normalized spacial score (nSPS) is 12.5. The molecule has 1 atom stereocenters. The quantitative estimate of drug-likeness (QED) is 0.394. The molecular weight excluding hydrogens is 518 g/mol. The molecule has 2 aromatic carbocycles. The molecule has 0 saturated carbocycles. The second kappa shape index (κ2) is 9.89. The summed E-state index contributed by atoms with van der Waals surface area (Å²) in [5.74, 6) is -3.21. The van der Waals surface area contributed by atoms with Crippen molar-refractivity contribution in [3.05, 3.63) is 52.8 Å². The van der Waals surface area contributed by atoms with E-state index in [0.29, 0.717) is 26.6 Å². The van der Waals surface area contributed by atoms with E-state index in [-0.39, 0.29) is 29.3 Å². The summed E-state index contributed by atoms with van der Waals surface area (Å²) < 4.78 is 31.5.